The molecule has 1 aliphatic heterocycles. The number of benzene rings is 1. The Morgan fingerprint density at radius 3 is 2.74 bits per heavy atom. The van der Waals surface area contributed by atoms with Crippen molar-refractivity contribution in [1.82, 2.24) is 30.5 Å². The number of rotatable bonds is 5. The molecule has 0 unspecified atom stereocenters. The third kappa shape index (κ3) is 3.93. The number of hydrogen-bond acceptors (Lipinski definition) is 7. The van der Waals surface area contributed by atoms with Gasteiger partial charge in [0.15, 0.2) is 0 Å². The Morgan fingerprint density at radius 1 is 1.15 bits per heavy atom. The van der Waals surface area contributed by atoms with Gasteiger partial charge in [-0.2, -0.15) is 4.68 Å². The summed E-state index contributed by atoms with van der Waals surface area (Å²) >= 11 is 0. The smallest absolute Gasteiger partial charge is 0.270 e. The molecule has 0 atom stereocenters. The number of aromatic nitrogens is 5. The summed E-state index contributed by atoms with van der Waals surface area (Å²) in [7, 11) is 0. The summed E-state index contributed by atoms with van der Waals surface area (Å²) in [6, 6.07) is 11.5. The molecule has 1 amide bonds. The maximum absolute atomic E-state index is 12.4. The van der Waals surface area contributed by atoms with Crippen LogP contribution in [-0.4, -0.2) is 57.4 Å². The van der Waals surface area contributed by atoms with Gasteiger partial charge in [-0.1, -0.05) is 18.2 Å². The molecule has 9 nitrogen and oxygen atoms in total. The van der Waals surface area contributed by atoms with Crippen molar-refractivity contribution < 1.29 is 9.53 Å². The number of nitrogens with one attached hydrogen (secondary N) is 1. The number of amides is 1. The van der Waals surface area contributed by atoms with Gasteiger partial charge in [0.1, 0.15) is 12.0 Å². The molecule has 0 spiro atoms. The van der Waals surface area contributed by atoms with Crippen LogP contribution in [0.15, 0.2) is 48.9 Å². The normalized spacial score (nSPS) is 14.1. The lowest BCUT2D eigenvalue weighted by Crippen LogP contribution is -2.37. The molecular weight excluding hydrogens is 346 g/mol. The minimum Gasteiger partial charge on any atom is -0.378 e. The van der Waals surface area contributed by atoms with Crippen molar-refractivity contribution in [2.75, 3.05) is 31.2 Å². The van der Waals surface area contributed by atoms with Crippen LogP contribution < -0.4 is 10.2 Å². The van der Waals surface area contributed by atoms with Crippen molar-refractivity contribution in [2.45, 2.75) is 6.54 Å². The van der Waals surface area contributed by atoms with Crippen LogP contribution in [0.5, 0.6) is 0 Å². The number of morpholine rings is 1. The molecule has 138 valence electrons. The number of pyridine rings is 1. The summed E-state index contributed by atoms with van der Waals surface area (Å²) in [4.78, 5) is 18.9. The first-order chi connectivity index (χ1) is 13.3. The Hall–Kier alpha value is -3.33. The highest BCUT2D eigenvalue weighted by molar-refractivity contribution is 5.92. The standard InChI is InChI=1S/C18H19N7O2/c26-18(16-6-5-15(12-19-16)25-13-21-22-23-25)20-11-14-3-1-2-4-17(14)24-7-9-27-10-8-24/h1-6,12-13H,7-11H2,(H,20,26). The Bertz CT molecular complexity index is 890. The van der Waals surface area contributed by atoms with E-state index in [-0.39, 0.29) is 5.91 Å². The van der Waals surface area contributed by atoms with Gasteiger partial charge in [0.05, 0.1) is 25.1 Å². The van der Waals surface area contributed by atoms with Gasteiger partial charge in [-0.15, -0.1) is 5.10 Å². The molecule has 1 aromatic carbocycles. The topological polar surface area (TPSA) is 98.1 Å². The molecule has 1 fully saturated rings. The molecular formula is C18H19N7O2. The van der Waals surface area contributed by atoms with Gasteiger partial charge in [-0.05, 0) is 34.2 Å². The van der Waals surface area contributed by atoms with E-state index >= 15 is 0 Å². The van der Waals surface area contributed by atoms with Crippen LogP contribution in [0, 0.1) is 0 Å². The van der Waals surface area contributed by atoms with E-state index in [1.165, 1.54) is 11.0 Å². The van der Waals surface area contributed by atoms with Crippen LogP contribution in [0.25, 0.3) is 5.69 Å². The number of ether oxygens (including phenoxy) is 1. The number of tetrazole rings is 1. The second-order valence-corrected chi connectivity index (χ2v) is 6.07. The summed E-state index contributed by atoms with van der Waals surface area (Å²) < 4.78 is 6.90. The van der Waals surface area contributed by atoms with Crippen LogP contribution in [0.4, 0.5) is 5.69 Å². The second kappa shape index (κ2) is 7.92. The quantitative estimate of drug-likeness (QED) is 0.715. The molecule has 3 heterocycles. The fourth-order valence-electron chi connectivity index (χ4n) is 2.97. The average Bonchev–Trinajstić information content (AvgIpc) is 3.28. The van der Waals surface area contributed by atoms with Crippen LogP contribution in [0.2, 0.25) is 0 Å². The summed E-state index contributed by atoms with van der Waals surface area (Å²) in [6.07, 6.45) is 3.03. The third-order valence-electron chi connectivity index (χ3n) is 4.38. The molecule has 27 heavy (non-hydrogen) atoms. The lowest BCUT2D eigenvalue weighted by molar-refractivity contribution is 0.0945. The second-order valence-electron chi connectivity index (χ2n) is 6.07. The van der Waals surface area contributed by atoms with Crippen molar-refractivity contribution in [2.24, 2.45) is 0 Å². The first-order valence-corrected chi connectivity index (χ1v) is 8.69. The van der Waals surface area contributed by atoms with E-state index in [0.29, 0.717) is 17.9 Å². The largest absolute Gasteiger partial charge is 0.378 e. The SMILES string of the molecule is O=C(NCc1ccccc1N1CCOCC1)c1ccc(-n2cnnn2)cn1. The van der Waals surface area contributed by atoms with Gasteiger partial charge in [-0.3, -0.25) is 4.79 Å². The molecule has 1 saturated heterocycles. The van der Waals surface area contributed by atoms with Crippen LogP contribution >= 0.6 is 0 Å². The van der Waals surface area contributed by atoms with E-state index in [1.54, 1.807) is 18.3 Å². The van der Waals surface area contributed by atoms with E-state index in [4.69, 9.17) is 4.74 Å². The van der Waals surface area contributed by atoms with Gasteiger partial charge >= 0.3 is 0 Å². The maximum atomic E-state index is 12.4. The summed E-state index contributed by atoms with van der Waals surface area (Å²) in [5.41, 5.74) is 3.23. The number of nitrogens with zero attached hydrogens (tertiary/aromatic N) is 6. The predicted octanol–water partition coefficient (Wildman–Crippen LogP) is 0.824. The Kier molecular flexibility index (Phi) is 5.01. The van der Waals surface area contributed by atoms with Crippen molar-refractivity contribution in [3.8, 4) is 5.69 Å². The van der Waals surface area contributed by atoms with E-state index in [0.717, 1.165) is 37.6 Å². The van der Waals surface area contributed by atoms with Gasteiger partial charge in [0.25, 0.3) is 5.91 Å². The number of hydrogen-bond donors (Lipinski definition) is 1. The Labute approximate surface area is 156 Å². The van der Waals surface area contributed by atoms with Crippen molar-refractivity contribution >= 4 is 11.6 Å². The van der Waals surface area contributed by atoms with Gasteiger partial charge < -0.3 is 15.0 Å². The van der Waals surface area contributed by atoms with Crippen molar-refractivity contribution in [3.63, 3.8) is 0 Å². The number of carbonyl (C=O) groups is 1. The van der Waals surface area contributed by atoms with Gasteiger partial charge in [-0.25, -0.2) is 4.98 Å². The zero-order valence-corrected chi connectivity index (χ0v) is 14.7. The number of carbonyl (C=O) groups excluding carboxylic acids is 1. The lowest BCUT2D eigenvalue weighted by atomic mass is 10.1. The summed E-state index contributed by atoms with van der Waals surface area (Å²) in [5.74, 6) is -0.227. The van der Waals surface area contributed by atoms with E-state index < -0.39 is 0 Å². The highest BCUT2D eigenvalue weighted by Gasteiger charge is 2.15. The molecule has 1 aliphatic rings. The van der Waals surface area contributed by atoms with Gasteiger partial charge in [0.2, 0.25) is 0 Å². The van der Waals surface area contributed by atoms with Crippen LogP contribution in [-0.2, 0) is 11.3 Å². The average molecular weight is 365 g/mol. The van der Waals surface area contributed by atoms with E-state index in [1.807, 2.05) is 18.2 Å². The summed E-state index contributed by atoms with van der Waals surface area (Å²) in [6.45, 7) is 3.58. The number of anilines is 1. The zero-order valence-electron chi connectivity index (χ0n) is 14.7. The van der Waals surface area contributed by atoms with Crippen molar-refractivity contribution in [3.05, 3.63) is 60.2 Å². The number of para-hydroxylation sites is 1. The fraction of sp³-hybridized carbons (Fsp3) is 0.278. The van der Waals surface area contributed by atoms with Crippen LogP contribution in [0.1, 0.15) is 16.1 Å². The maximum Gasteiger partial charge on any atom is 0.270 e. The highest BCUT2D eigenvalue weighted by Crippen LogP contribution is 2.21. The molecule has 0 aliphatic carbocycles. The van der Waals surface area contributed by atoms with Crippen molar-refractivity contribution in [1.29, 1.82) is 0 Å². The van der Waals surface area contributed by atoms with Gasteiger partial charge in [0, 0.05) is 25.3 Å². The predicted molar refractivity (Wildman–Crippen MR) is 97.6 cm³/mol. The first kappa shape index (κ1) is 17.1. The molecule has 3 aromatic rings. The minimum absolute atomic E-state index is 0.227. The molecule has 0 bridgehead atoms. The fourth-order valence-corrected chi connectivity index (χ4v) is 2.97. The molecule has 1 N–H and O–H groups in total. The third-order valence-corrected chi connectivity index (χ3v) is 4.38. The Balaban J connectivity index is 1.42. The zero-order chi connectivity index (χ0) is 18.5. The molecule has 2 aromatic heterocycles. The molecule has 4 rings (SSSR count). The summed E-state index contributed by atoms with van der Waals surface area (Å²) in [5, 5.41) is 13.9. The Morgan fingerprint density at radius 2 is 2.00 bits per heavy atom. The van der Waals surface area contributed by atoms with E-state index in [2.05, 4.69) is 36.8 Å². The van der Waals surface area contributed by atoms with E-state index in [9.17, 15) is 4.79 Å². The highest BCUT2D eigenvalue weighted by atomic mass is 16.5. The molecule has 0 radical (unpaired) electrons. The lowest BCUT2D eigenvalue weighted by Gasteiger charge is -2.30. The van der Waals surface area contributed by atoms with Crippen LogP contribution in [0.3, 0.4) is 0 Å². The minimum atomic E-state index is -0.227. The molecule has 9 heteroatoms. The first-order valence-electron chi connectivity index (χ1n) is 8.69. The molecule has 0 saturated carbocycles. The monoisotopic (exact) mass is 365 g/mol.